The Bertz CT molecular complexity index is 685. The number of pyridine rings is 1. The van der Waals surface area contributed by atoms with Crippen molar-refractivity contribution in [2.75, 3.05) is 25.0 Å². The van der Waals surface area contributed by atoms with Gasteiger partial charge < -0.3 is 10.2 Å². The molecular weight excluding hydrogens is 282 g/mol. The number of piperidine rings is 1. The Kier molecular flexibility index (Phi) is 3.27. The van der Waals surface area contributed by atoms with Crippen molar-refractivity contribution in [2.24, 2.45) is 5.92 Å². The number of benzene rings is 1. The van der Waals surface area contributed by atoms with Crippen molar-refractivity contribution in [2.45, 2.75) is 25.8 Å². The van der Waals surface area contributed by atoms with E-state index in [0.29, 0.717) is 6.04 Å². The van der Waals surface area contributed by atoms with Gasteiger partial charge in [-0.1, -0.05) is 11.6 Å². The second-order valence-electron chi connectivity index (χ2n) is 6.34. The Morgan fingerprint density at radius 2 is 2.19 bits per heavy atom. The van der Waals surface area contributed by atoms with E-state index in [4.69, 9.17) is 11.6 Å². The molecule has 1 aromatic carbocycles. The van der Waals surface area contributed by atoms with E-state index < -0.39 is 0 Å². The van der Waals surface area contributed by atoms with Gasteiger partial charge in [0.05, 0.1) is 16.2 Å². The largest absolute Gasteiger partial charge is 0.380 e. The number of fused-ring (bicyclic) bond motifs is 3. The lowest BCUT2D eigenvalue weighted by atomic mass is 9.93. The van der Waals surface area contributed by atoms with Crippen LogP contribution in [-0.2, 0) is 0 Å². The predicted molar refractivity (Wildman–Crippen MR) is 88.1 cm³/mol. The molecule has 1 N–H and O–H groups in total. The van der Waals surface area contributed by atoms with Gasteiger partial charge in [0.2, 0.25) is 0 Å². The summed E-state index contributed by atoms with van der Waals surface area (Å²) in [5.74, 6) is 0.753. The molecule has 2 aromatic rings. The molecule has 4 heteroatoms. The number of hydrogen-bond acceptors (Lipinski definition) is 3. The normalized spacial score (nSPS) is 28.0. The Morgan fingerprint density at radius 3 is 3.10 bits per heavy atom. The van der Waals surface area contributed by atoms with Crippen LogP contribution in [0.2, 0.25) is 5.02 Å². The third-order valence-electron chi connectivity index (χ3n) is 5.00. The molecule has 1 aromatic heterocycles. The van der Waals surface area contributed by atoms with Crippen molar-refractivity contribution in [3.05, 3.63) is 35.0 Å². The predicted octanol–water partition coefficient (Wildman–Crippen LogP) is 3.70. The summed E-state index contributed by atoms with van der Waals surface area (Å²) < 4.78 is 0. The molecule has 3 heterocycles. The maximum absolute atomic E-state index is 6.53. The lowest BCUT2D eigenvalue weighted by Crippen LogP contribution is -2.39. The maximum atomic E-state index is 6.53. The summed E-state index contributed by atoms with van der Waals surface area (Å²) >= 11 is 6.53. The number of hydrogen-bond donors (Lipinski definition) is 1. The lowest BCUT2D eigenvalue weighted by molar-refractivity contribution is 0.255. The van der Waals surface area contributed by atoms with Gasteiger partial charge in [0.1, 0.15) is 0 Å². The summed E-state index contributed by atoms with van der Waals surface area (Å²) in [5.41, 5.74) is 3.25. The van der Waals surface area contributed by atoms with Crippen LogP contribution in [0.15, 0.2) is 24.4 Å². The standard InChI is InChI=1S/C17H20ClN3/c1-11-9-14(18)17(13-3-2-6-19-16(11)13)20-15-5-8-21-7-4-12(15)10-21/h2-3,6,9,12,15,20H,4-5,7-8,10H2,1H3. The molecule has 0 aliphatic carbocycles. The highest BCUT2D eigenvalue weighted by Crippen LogP contribution is 2.36. The summed E-state index contributed by atoms with van der Waals surface area (Å²) in [5, 5.41) is 5.70. The number of aryl methyl sites for hydroxylation is 1. The van der Waals surface area contributed by atoms with E-state index in [2.05, 4.69) is 28.2 Å². The zero-order chi connectivity index (χ0) is 14.4. The number of anilines is 1. The number of nitrogens with one attached hydrogen (secondary N) is 1. The van der Waals surface area contributed by atoms with Crippen molar-refractivity contribution in [1.29, 1.82) is 0 Å². The zero-order valence-electron chi connectivity index (χ0n) is 12.3. The van der Waals surface area contributed by atoms with Crippen molar-refractivity contribution < 1.29 is 0 Å². The highest BCUT2D eigenvalue weighted by Gasteiger charge is 2.34. The van der Waals surface area contributed by atoms with Crippen LogP contribution in [0.25, 0.3) is 10.9 Å². The molecule has 110 valence electrons. The SMILES string of the molecule is Cc1cc(Cl)c(NC2CCN3CCC2C3)c2cccnc12. The lowest BCUT2D eigenvalue weighted by Gasteiger charge is -2.32. The van der Waals surface area contributed by atoms with Gasteiger partial charge >= 0.3 is 0 Å². The molecule has 0 saturated carbocycles. The summed E-state index contributed by atoms with van der Waals surface area (Å²) in [7, 11) is 0. The number of rotatable bonds is 2. The summed E-state index contributed by atoms with van der Waals surface area (Å²) in [6, 6.07) is 6.67. The fourth-order valence-electron chi connectivity index (χ4n) is 3.85. The van der Waals surface area contributed by atoms with Crippen LogP contribution in [0.1, 0.15) is 18.4 Å². The Morgan fingerprint density at radius 1 is 1.33 bits per heavy atom. The van der Waals surface area contributed by atoms with Gasteiger partial charge in [-0.2, -0.15) is 0 Å². The molecular formula is C17H20ClN3. The molecule has 4 rings (SSSR count). The number of nitrogens with zero attached hydrogens (tertiary/aromatic N) is 2. The van der Waals surface area contributed by atoms with E-state index in [9.17, 15) is 0 Å². The second-order valence-corrected chi connectivity index (χ2v) is 6.75. The molecule has 2 fully saturated rings. The number of halogens is 1. The van der Waals surface area contributed by atoms with E-state index in [1.165, 1.54) is 32.5 Å². The first kappa shape index (κ1) is 13.4. The quantitative estimate of drug-likeness (QED) is 0.916. The van der Waals surface area contributed by atoms with Crippen molar-refractivity contribution in [1.82, 2.24) is 9.88 Å². The topological polar surface area (TPSA) is 28.2 Å². The van der Waals surface area contributed by atoms with Gasteiger partial charge in [-0.3, -0.25) is 4.98 Å². The number of aromatic nitrogens is 1. The Hall–Kier alpha value is -1.32. The first-order valence-electron chi connectivity index (χ1n) is 7.75. The average molecular weight is 302 g/mol. The van der Waals surface area contributed by atoms with E-state index in [1.54, 1.807) is 0 Å². The van der Waals surface area contributed by atoms with Crippen LogP contribution >= 0.6 is 11.6 Å². The molecule has 0 radical (unpaired) electrons. The third-order valence-corrected chi connectivity index (χ3v) is 5.29. The zero-order valence-corrected chi connectivity index (χ0v) is 13.0. The first-order valence-corrected chi connectivity index (χ1v) is 8.13. The van der Waals surface area contributed by atoms with Crippen LogP contribution in [0.5, 0.6) is 0 Å². The fraction of sp³-hybridized carbons (Fsp3) is 0.471. The minimum Gasteiger partial charge on any atom is -0.380 e. The van der Waals surface area contributed by atoms with Crippen LogP contribution in [-0.4, -0.2) is 35.6 Å². The molecule has 0 spiro atoms. The molecule has 2 bridgehead atoms. The van der Waals surface area contributed by atoms with E-state index in [0.717, 1.165) is 33.1 Å². The van der Waals surface area contributed by atoms with E-state index in [-0.39, 0.29) is 0 Å². The van der Waals surface area contributed by atoms with Crippen molar-refractivity contribution in [3.8, 4) is 0 Å². The smallest absolute Gasteiger partial charge is 0.0752 e. The summed E-state index contributed by atoms with van der Waals surface area (Å²) in [6.07, 6.45) is 4.36. The maximum Gasteiger partial charge on any atom is 0.0752 e. The molecule has 21 heavy (non-hydrogen) atoms. The van der Waals surface area contributed by atoms with Gasteiger partial charge in [-0.15, -0.1) is 0 Å². The van der Waals surface area contributed by atoms with E-state index in [1.807, 2.05) is 18.3 Å². The average Bonchev–Trinajstić information content (AvgIpc) is 2.88. The molecule has 2 aliphatic rings. The van der Waals surface area contributed by atoms with Crippen LogP contribution < -0.4 is 5.32 Å². The van der Waals surface area contributed by atoms with Crippen molar-refractivity contribution >= 4 is 28.2 Å². The van der Waals surface area contributed by atoms with Gasteiger partial charge in [0.15, 0.2) is 0 Å². The van der Waals surface area contributed by atoms with Gasteiger partial charge in [-0.05, 0) is 56.0 Å². The summed E-state index contributed by atoms with van der Waals surface area (Å²) in [6.45, 7) is 5.76. The second kappa shape index (κ2) is 5.15. The molecule has 3 unspecified atom stereocenters. The minimum absolute atomic E-state index is 0.535. The first-order chi connectivity index (χ1) is 10.2. The van der Waals surface area contributed by atoms with Crippen molar-refractivity contribution in [3.63, 3.8) is 0 Å². The molecule has 3 atom stereocenters. The fourth-order valence-corrected chi connectivity index (χ4v) is 4.17. The summed E-state index contributed by atoms with van der Waals surface area (Å²) in [4.78, 5) is 7.08. The van der Waals surface area contributed by atoms with Crippen LogP contribution in [0, 0.1) is 12.8 Å². The molecule has 3 nitrogen and oxygen atoms in total. The minimum atomic E-state index is 0.535. The highest BCUT2D eigenvalue weighted by molar-refractivity contribution is 6.35. The molecule has 2 aliphatic heterocycles. The van der Waals surface area contributed by atoms with Crippen LogP contribution in [0.4, 0.5) is 5.69 Å². The third kappa shape index (κ3) is 2.29. The monoisotopic (exact) mass is 301 g/mol. The Labute approximate surface area is 130 Å². The van der Waals surface area contributed by atoms with Gasteiger partial charge in [-0.25, -0.2) is 0 Å². The molecule has 0 amide bonds. The van der Waals surface area contributed by atoms with Gasteiger partial charge in [0, 0.05) is 30.7 Å². The van der Waals surface area contributed by atoms with Gasteiger partial charge in [0.25, 0.3) is 0 Å². The van der Waals surface area contributed by atoms with E-state index >= 15 is 0 Å². The molecule has 2 saturated heterocycles. The highest BCUT2D eigenvalue weighted by atomic mass is 35.5. The Balaban J connectivity index is 1.73. The van der Waals surface area contributed by atoms with Crippen LogP contribution in [0.3, 0.4) is 0 Å².